The van der Waals surface area contributed by atoms with Gasteiger partial charge in [-0.05, 0) is 24.3 Å². The Hall–Kier alpha value is -1.78. The lowest BCUT2D eigenvalue weighted by Gasteiger charge is -2.10. The number of nitrogen functional groups attached to an aromatic ring is 1. The maximum atomic E-state index is 13.3. The lowest BCUT2D eigenvalue weighted by atomic mass is 10.2. The highest BCUT2D eigenvalue weighted by Gasteiger charge is 2.09. The molecule has 2 aromatic rings. The van der Waals surface area contributed by atoms with Crippen LogP contribution >= 0.6 is 23.2 Å². The normalized spacial score (nSPS) is 10.3. The minimum Gasteiger partial charge on any atom is -0.487 e. The Labute approximate surface area is 125 Å². The molecule has 0 saturated carbocycles. The zero-order chi connectivity index (χ0) is 14.7. The smallest absolute Gasteiger partial charge is 0.142 e. The summed E-state index contributed by atoms with van der Waals surface area (Å²) in [6.07, 6.45) is 0. The first-order valence-electron chi connectivity index (χ1n) is 5.68. The van der Waals surface area contributed by atoms with Crippen LogP contribution in [0.4, 0.5) is 4.39 Å². The SMILES string of the molecule is N=C(N)c1ccc(OCc2cccc(F)c2Cl)c(Cl)c1. The van der Waals surface area contributed by atoms with Crippen molar-refractivity contribution >= 4 is 29.0 Å². The van der Waals surface area contributed by atoms with Crippen LogP contribution in [0.5, 0.6) is 5.75 Å². The van der Waals surface area contributed by atoms with E-state index in [1.54, 1.807) is 24.3 Å². The third-order valence-corrected chi connectivity index (χ3v) is 3.38. The molecule has 0 amide bonds. The molecule has 104 valence electrons. The van der Waals surface area contributed by atoms with Gasteiger partial charge in [0.2, 0.25) is 0 Å². The van der Waals surface area contributed by atoms with Crippen LogP contribution in [-0.4, -0.2) is 5.84 Å². The molecular weight excluding hydrogens is 302 g/mol. The van der Waals surface area contributed by atoms with Crippen LogP contribution in [0.3, 0.4) is 0 Å². The first kappa shape index (κ1) is 14.6. The number of nitrogens with one attached hydrogen (secondary N) is 1. The number of hydrogen-bond acceptors (Lipinski definition) is 2. The van der Waals surface area contributed by atoms with Gasteiger partial charge in [0.25, 0.3) is 0 Å². The van der Waals surface area contributed by atoms with E-state index in [2.05, 4.69) is 0 Å². The molecule has 0 aromatic heterocycles. The van der Waals surface area contributed by atoms with Crippen LogP contribution in [0.25, 0.3) is 0 Å². The fourth-order valence-corrected chi connectivity index (χ4v) is 2.02. The van der Waals surface area contributed by atoms with Crippen molar-refractivity contribution in [3.8, 4) is 5.75 Å². The van der Waals surface area contributed by atoms with E-state index in [4.69, 9.17) is 39.1 Å². The summed E-state index contributed by atoms with van der Waals surface area (Å²) < 4.78 is 18.8. The van der Waals surface area contributed by atoms with Gasteiger partial charge in [-0.15, -0.1) is 0 Å². The van der Waals surface area contributed by atoms with Gasteiger partial charge < -0.3 is 10.5 Å². The largest absolute Gasteiger partial charge is 0.487 e. The van der Waals surface area contributed by atoms with Gasteiger partial charge in [-0.1, -0.05) is 35.3 Å². The van der Waals surface area contributed by atoms with Gasteiger partial charge in [0.1, 0.15) is 24.0 Å². The second-order valence-corrected chi connectivity index (χ2v) is 4.85. The molecule has 0 unspecified atom stereocenters. The third-order valence-electron chi connectivity index (χ3n) is 2.66. The number of benzene rings is 2. The van der Waals surface area contributed by atoms with Gasteiger partial charge in [0, 0.05) is 11.1 Å². The molecule has 2 aromatic carbocycles. The predicted octanol–water partition coefficient (Wildman–Crippen LogP) is 4.00. The monoisotopic (exact) mass is 312 g/mol. The summed E-state index contributed by atoms with van der Waals surface area (Å²) in [6, 6.07) is 9.26. The second kappa shape index (κ2) is 6.11. The molecule has 0 aliphatic rings. The molecule has 0 aliphatic carbocycles. The molecule has 0 radical (unpaired) electrons. The van der Waals surface area contributed by atoms with Gasteiger partial charge in [-0.2, -0.15) is 0 Å². The van der Waals surface area contributed by atoms with E-state index in [0.717, 1.165) is 0 Å². The Kier molecular flexibility index (Phi) is 4.47. The highest BCUT2D eigenvalue weighted by molar-refractivity contribution is 6.32. The van der Waals surface area contributed by atoms with Crippen molar-refractivity contribution in [2.45, 2.75) is 6.61 Å². The summed E-state index contributed by atoms with van der Waals surface area (Å²) in [6.45, 7) is 0.0930. The summed E-state index contributed by atoms with van der Waals surface area (Å²) in [5, 5.41) is 7.67. The van der Waals surface area contributed by atoms with Crippen molar-refractivity contribution in [1.29, 1.82) is 5.41 Å². The third kappa shape index (κ3) is 3.21. The number of rotatable bonds is 4. The van der Waals surface area contributed by atoms with Gasteiger partial charge in [0.05, 0.1) is 10.0 Å². The second-order valence-electron chi connectivity index (χ2n) is 4.06. The molecule has 0 fully saturated rings. The topological polar surface area (TPSA) is 59.1 Å². The molecule has 0 spiro atoms. The number of amidine groups is 1. The minimum atomic E-state index is -0.495. The first-order valence-corrected chi connectivity index (χ1v) is 6.44. The van der Waals surface area contributed by atoms with Crippen molar-refractivity contribution < 1.29 is 9.13 Å². The maximum Gasteiger partial charge on any atom is 0.142 e. The molecular formula is C14H11Cl2FN2O. The van der Waals surface area contributed by atoms with Crippen molar-refractivity contribution in [1.82, 2.24) is 0 Å². The molecule has 6 heteroatoms. The van der Waals surface area contributed by atoms with E-state index in [1.807, 2.05) is 0 Å². The number of ether oxygens (including phenoxy) is 1. The van der Waals surface area contributed by atoms with Crippen molar-refractivity contribution in [2.75, 3.05) is 0 Å². The fourth-order valence-electron chi connectivity index (χ4n) is 1.60. The van der Waals surface area contributed by atoms with E-state index in [0.29, 0.717) is 21.9 Å². The quantitative estimate of drug-likeness (QED) is 0.662. The zero-order valence-electron chi connectivity index (χ0n) is 10.3. The van der Waals surface area contributed by atoms with Crippen molar-refractivity contribution in [3.05, 3.63) is 63.4 Å². The minimum absolute atomic E-state index is 0.0315. The maximum absolute atomic E-state index is 13.3. The Balaban J connectivity index is 2.15. The highest BCUT2D eigenvalue weighted by atomic mass is 35.5. The average molecular weight is 313 g/mol. The van der Waals surface area contributed by atoms with Crippen LogP contribution in [0, 0.1) is 11.2 Å². The van der Waals surface area contributed by atoms with E-state index in [-0.39, 0.29) is 17.5 Å². The summed E-state index contributed by atoms with van der Waals surface area (Å²) in [5.41, 5.74) is 6.39. The summed E-state index contributed by atoms with van der Waals surface area (Å²) in [5.74, 6) is -0.158. The van der Waals surface area contributed by atoms with Crippen molar-refractivity contribution in [2.24, 2.45) is 5.73 Å². The van der Waals surface area contributed by atoms with Crippen LogP contribution in [-0.2, 0) is 6.61 Å². The van der Waals surface area contributed by atoms with Crippen LogP contribution in [0.2, 0.25) is 10.0 Å². The zero-order valence-corrected chi connectivity index (χ0v) is 11.8. The van der Waals surface area contributed by atoms with E-state index in [1.165, 1.54) is 12.1 Å². The number of halogens is 3. The molecule has 0 bridgehead atoms. The van der Waals surface area contributed by atoms with Crippen LogP contribution in [0.15, 0.2) is 36.4 Å². The van der Waals surface area contributed by atoms with Crippen LogP contribution in [0.1, 0.15) is 11.1 Å². The molecule has 0 aliphatic heterocycles. The Morgan fingerprint density at radius 1 is 1.25 bits per heavy atom. The molecule has 3 N–H and O–H groups in total. The standard InChI is InChI=1S/C14H11Cl2FN2O/c15-10-6-8(14(18)19)4-5-12(10)20-7-9-2-1-3-11(17)13(9)16/h1-6H,7H2,(H3,18,19). The van der Waals surface area contributed by atoms with Gasteiger partial charge >= 0.3 is 0 Å². The molecule has 0 saturated heterocycles. The van der Waals surface area contributed by atoms with Crippen molar-refractivity contribution in [3.63, 3.8) is 0 Å². The lowest BCUT2D eigenvalue weighted by molar-refractivity contribution is 0.306. The Bertz CT molecular complexity index is 662. The van der Waals surface area contributed by atoms with Gasteiger partial charge in [-0.3, -0.25) is 5.41 Å². The summed E-state index contributed by atoms with van der Waals surface area (Å²) in [4.78, 5) is 0. The number of nitrogens with two attached hydrogens (primary N) is 1. The summed E-state index contributed by atoms with van der Waals surface area (Å²) >= 11 is 11.9. The molecule has 0 heterocycles. The predicted molar refractivity (Wildman–Crippen MR) is 78.2 cm³/mol. The Morgan fingerprint density at radius 3 is 2.65 bits per heavy atom. The highest BCUT2D eigenvalue weighted by Crippen LogP contribution is 2.27. The molecule has 20 heavy (non-hydrogen) atoms. The molecule has 2 rings (SSSR count). The van der Waals surface area contributed by atoms with Gasteiger partial charge in [0.15, 0.2) is 0 Å². The van der Waals surface area contributed by atoms with E-state index < -0.39 is 5.82 Å². The first-order chi connectivity index (χ1) is 9.49. The fraction of sp³-hybridized carbons (Fsp3) is 0.0714. The van der Waals surface area contributed by atoms with E-state index in [9.17, 15) is 4.39 Å². The van der Waals surface area contributed by atoms with Crippen LogP contribution < -0.4 is 10.5 Å². The molecule has 0 atom stereocenters. The Morgan fingerprint density at radius 2 is 2.00 bits per heavy atom. The van der Waals surface area contributed by atoms with E-state index >= 15 is 0 Å². The lowest BCUT2D eigenvalue weighted by Crippen LogP contribution is -2.10. The number of hydrogen-bond donors (Lipinski definition) is 2. The van der Waals surface area contributed by atoms with Gasteiger partial charge in [-0.25, -0.2) is 4.39 Å². The summed E-state index contributed by atoms with van der Waals surface area (Å²) in [7, 11) is 0. The average Bonchev–Trinajstić information content (AvgIpc) is 2.41. The molecule has 3 nitrogen and oxygen atoms in total.